The third-order valence-electron chi connectivity index (χ3n) is 5.26. The maximum atomic E-state index is 13.9. The predicted molar refractivity (Wildman–Crippen MR) is 123 cm³/mol. The first-order valence-electron chi connectivity index (χ1n) is 10.4. The topological polar surface area (TPSA) is 108 Å². The summed E-state index contributed by atoms with van der Waals surface area (Å²) in [6, 6.07) is 10.6. The van der Waals surface area contributed by atoms with Crippen LogP contribution in [-0.2, 0) is 28.9 Å². The molecule has 0 aliphatic carbocycles. The van der Waals surface area contributed by atoms with Crippen LogP contribution in [0.15, 0.2) is 66.1 Å². The van der Waals surface area contributed by atoms with Crippen molar-refractivity contribution in [3.8, 4) is 11.5 Å². The molecule has 0 spiro atoms. The lowest BCUT2D eigenvalue weighted by molar-refractivity contribution is -0.149. The second-order valence-electron chi connectivity index (χ2n) is 7.79. The third kappa shape index (κ3) is 5.28. The molecule has 2 aromatic carbocycles. The Morgan fingerprint density at radius 2 is 1.59 bits per heavy atom. The van der Waals surface area contributed by atoms with E-state index in [1.165, 1.54) is 68.5 Å². The van der Waals surface area contributed by atoms with Gasteiger partial charge in [0, 0.05) is 5.41 Å². The molecule has 1 atom stereocenters. The molecule has 2 aromatic rings. The zero-order valence-electron chi connectivity index (χ0n) is 19.5. The fourth-order valence-electron chi connectivity index (χ4n) is 3.31. The lowest BCUT2D eigenvalue weighted by Gasteiger charge is -2.42. The van der Waals surface area contributed by atoms with E-state index in [1.807, 2.05) is 0 Å². The number of methoxy groups -OCH3 is 1. The highest BCUT2D eigenvalue weighted by Gasteiger charge is 2.61. The van der Waals surface area contributed by atoms with E-state index in [1.54, 1.807) is 6.92 Å². The van der Waals surface area contributed by atoms with Crippen molar-refractivity contribution in [2.75, 3.05) is 20.3 Å². The molecule has 0 aliphatic rings. The van der Waals surface area contributed by atoms with Crippen LogP contribution in [0.3, 0.4) is 0 Å². The van der Waals surface area contributed by atoms with Crippen molar-refractivity contribution in [2.24, 2.45) is 5.41 Å². The van der Waals surface area contributed by atoms with Gasteiger partial charge in [-0.3, -0.25) is 10.1 Å². The van der Waals surface area contributed by atoms with Gasteiger partial charge in [0.2, 0.25) is 14.7 Å². The quantitative estimate of drug-likeness (QED) is 0.374. The molecule has 0 saturated carbocycles. The van der Waals surface area contributed by atoms with Gasteiger partial charge in [-0.15, -0.1) is 6.58 Å². The standard InChI is InChI=1S/C24H28FNO7S/c1-6-23(3,4)24(22(28)31-5,26-16-21(27)32-7-2)34(29,30)20-14-12-19(13-15-20)33-18-10-8-17(25)9-11-18/h6,8-15,26H,1,7,16H2,2-5H3. The zero-order chi connectivity index (χ0) is 25.6. The highest BCUT2D eigenvalue weighted by Crippen LogP contribution is 2.41. The molecule has 184 valence electrons. The number of ether oxygens (including phenoxy) is 3. The minimum absolute atomic E-state index is 0.0822. The number of hydrogen-bond acceptors (Lipinski definition) is 8. The summed E-state index contributed by atoms with van der Waals surface area (Å²) >= 11 is 0. The van der Waals surface area contributed by atoms with Crippen LogP contribution in [0, 0.1) is 11.2 Å². The van der Waals surface area contributed by atoms with Gasteiger partial charge in [0.1, 0.15) is 17.3 Å². The Morgan fingerprint density at radius 1 is 1.06 bits per heavy atom. The third-order valence-corrected chi connectivity index (χ3v) is 7.80. The molecule has 10 heteroatoms. The molecule has 34 heavy (non-hydrogen) atoms. The molecular formula is C24H28FNO7S. The van der Waals surface area contributed by atoms with Crippen molar-refractivity contribution >= 4 is 21.8 Å². The summed E-state index contributed by atoms with van der Waals surface area (Å²) < 4.78 is 56.2. The number of carbonyl (C=O) groups is 2. The molecule has 2 rings (SSSR count). The summed E-state index contributed by atoms with van der Waals surface area (Å²) in [6.07, 6.45) is 1.30. The van der Waals surface area contributed by atoms with Crippen LogP contribution in [0.4, 0.5) is 4.39 Å². The molecule has 0 fully saturated rings. The normalized spacial score (nSPS) is 13.4. The molecule has 0 aromatic heterocycles. The van der Waals surface area contributed by atoms with Crippen LogP contribution in [0.5, 0.6) is 11.5 Å². The van der Waals surface area contributed by atoms with E-state index >= 15 is 0 Å². The average molecular weight is 494 g/mol. The van der Waals surface area contributed by atoms with E-state index in [0.717, 1.165) is 7.11 Å². The number of benzene rings is 2. The number of rotatable bonds is 11. The Labute approximate surface area is 198 Å². The van der Waals surface area contributed by atoms with Gasteiger partial charge >= 0.3 is 11.9 Å². The van der Waals surface area contributed by atoms with Crippen LogP contribution in [0.2, 0.25) is 0 Å². The number of halogens is 1. The number of sulfone groups is 1. The molecule has 1 unspecified atom stereocenters. The van der Waals surface area contributed by atoms with Crippen LogP contribution < -0.4 is 10.1 Å². The van der Waals surface area contributed by atoms with Crippen LogP contribution in [-0.4, -0.2) is 45.5 Å². The molecule has 0 aliphatic heterocycles. The molecule has 0 heterocycles. The van der Waals surface area contributed by atoms with Crippen LogP contribution >= 0.6 is 0 Å². The van der Waals surface area contributed by atoms with Gasteiger partial charge in [-0.25, -0.2) is 17.6 Å². The van der Waals surface area contributed by atoms with Crippen molar-refractivity contribution in [1.29, 1.82) is 0 Å². The number of nitrogens with one attached hydrogen (secondary N) is 1. The van der Waals surface area contributed by atoms with Gasteiger partial charge < -0.3 is 14.2 Å². The van der Waals surface area contributed by atoms with Crippen molar-refractivity contribution < 1.29 is 36.6 Å². The molecule has 8 nitrogen and oxygen atoms in total. The lowest BCUT2D eigenvalue weighted by atomic mass is 9.83. The zero-order valence-corrected chi connectivity index (χ0v) is 20.3. The summed E-state index contributed by atoms with van der Waals surface area (Å²) in [5, 5.41) is 2.58. The molecule has 1 N–H and O–H groups in total. The largest absolute Gasteiger partial charge is 0.467 e. The Hall–Kier alpha value is -3.24. The summed E-state index contributed by atoms with van der Waals surface area (Å²) in [5.41, 5.74) is -1.42. The van der Waals surface area contributed by atoms with E-state index in [9.17, 15) is 22.4 Å². The van der Waals surface area contributed by atoms with E-state index in [4.69, 9.17) is 14.2 Å². The first-order valence-corrected chi connectivity index (χ1v) is 11.8. The van der Waals surface area contributed by atoms with Gasteiger partial charge in [0.15, 0.2) is 0 Å². The van der Waals surface area contributed by atoms with E-state index < -0.39 is 44.4 Å². The molecule has 0 amide bonds. The highest BCUT2D eigenvalue weighted by molar-refractivity contribution is 7.93. The maximum absolute atomic E-state index is 13.9. The lowest BCUT2D eigenvalue weighted by Crippen LogP contribution is -2.67. The van der Waals surface area contributed by atoms with Gasteiger partial charge in [-0.1, -0.05) is 19.9 Å². The smallest absolute Gasteiger partial charge is 0.343 e. The van der Waals surface area contributed by atoms with E-state index in [-0.39, 0.29) is 17.3 Å². The van der Waals surface area contributed by atoms with Crippen molar-refractivity contribution in [3.63, 3.8) is 0 Å². The average Bonchev–Trinajstić information content (AvgIpc) is 2.81. The van der Waals surface area contributed by atoms with Gasteiger partial charge in [0.25, 0.3) is 0 Å². The molecular weight excluding hydrogens is 465 g/mol. The van der Waals surface area contributed by atoms with Crippen LogP contribution in [0.1, 0.15) is 20.8 Å². The fraction of sp³-hybridized carbons (Fsp3) is 0.333. The first-order chi connectivity index (χ1) is 15.9. The molecule has 0 bridgehead atoms. The van der Waals surface area contributed by atoms with Gasteiger partial charge in [0.05, 0.1) is 25.2 Å². The minimum Gasteiger partial charge on any atom is -0.467 e. The summed E-state index contributed by atoms with van der Waals surface area (Å²) in [6.45, 7) is 7.77. The van der Waals surface area contributed by atoms with Gasteiger partial charge in [-0.2, -0.15) is 0 Å². The Bertz CT molecular complexity index is 1130. The SMILES string of the molecule is C=CC(C)(C)C(NCC(=O)OCC)(C(=O)OC)S(=O)(=O)c1ccc(Oc2ccc(F)cc2)cc1. The van der Waals surface area contributed by atoms with Crippen LogP contribution in [0.25, 0.3) is 0 Å². The maximum Gasteiger partial charge on any atom is 0.343 e. The summed E-state index contributed by atoms with van der Waals surface area (Å²) in [7, 11) is -3.47. The Balaban J connectivity index is 2.53. The van der Waals surface area contributed by atoms with E-state index in [2.05, 4.69) is 11.9 Å². The van der Waals surface area contributed by atoms with E-state index in [0.29, 0.717) is 5.75 Å². The Morgan fingerprint density at radius 3 is 2.06 bits per heavy atom. The second-order valence-corrected chi connectivity index (χ2v) is 9.88. The Kier molecular flexibility index (Phi) is 8.57. The monoisotopic (exact) mass is 493 g/mol. The first kappa shape index (κ1) is 27.0. The van der Waals surface area contributed by atoms with Gasteiger partial charge in [-0.05, 0) is 55.5 Å². The fourth-order valence-corrected chi connectivity index (χ4v) is 5.50. The number of hydrogen-bond donors (Lipinski definition) is 1. The van der Waals surface area contributed by atoms with Crippen molar-refractivity contribution in [1.82, 2.24) is 5.32 Å². The predicted octanol–water partition coefficient (Wildman–Crippen LogP) is 3.63. The number of esters is 2. The minimum atomic E-state index is -4.52. The second kappa shape index (κ2) is 10.8. The van der Waals surface area contributed by atoms with Crippen molar-refractivity contribution in [3.05, 3.63) is 67.0 Å². The molecule has 0 saturated heterocycles. The number of carbonyl (C=O) groups excluding carboxylic acids is 2. The summed E-state index contributed by atoms with van der Waals surface area (Å²) in [5.74, 6) is -1.64. The summed E-state index contributed by atoms with van der Waals surface area (Å²) in [4.78, 5) is 22.4. The highest BCUT2D eigenvalue weighted by atomic mass is 32.2. The molecule has 0 radical (unpaired) electrons. The van der Waals surface area contributed by atoms with Crippen molar-refractivity contribution in [2.45, 2.75) is 30.5 Å².